The summed E-state index contributed by atoms with van der Waals surface area (Å²) >= 11 is 0. The second kappa shape index (κ2) is 50.3. The predicted molar refractivity (Wildman–Crippen MR) is 437 cm³/mol. The van der Waals surface area contributed by atoms with E-state index in [9.17, 15) is 177 Å². The summed E-state index contributed by atoms with van der Waals surface area (Å²) in [6.07, 6.45) is -121. The molecule has 62 heteroatoms. The number of aliphatic hydroxyl groups excluding tert-OH is 31. The van der Waals surface area contributed by atoms with E-state index in [1.807, 2.05) is 0 Å². The normalized spacial score (nSPS) is 50.9. The summed E-state index contributed by atoms with van der Waals surface area (Å²) < 4.78 is 141. The van der Waals surface area contributed by atoms with Gasteiger partial charge in [-0.2, -0.15) is 0 Å². The number of carbonyl (C=O) groups is 4. The van der Waals surface area contributed by atoms with Crippen LogP contribution in [0.15, 0.2) is 0 Å². The molecule has 0 saturated carbocycles. The molecule has 60 atom stereocenters. The van der Waals surface area contributed by atoms with E-state index in [4.69, 9.17) is 109 Å². The second-order valence-corrected chi connectivity index (χ2v) is 36.6. The van der Waals surface area contributed by atoms with Crippen LogP contribution in [-0.4, -0.2) is 610 Å². The van der Waals surface area contributed by atoms with Crippen molar-refractivity contribution in [2.24, 2.45) is 0 Å². The number of amides is 4. The Balaban J connectivity index is 0.959. The number of hydrogen-bond donors (Lipinski definition) is 35. The van der Waals surface area contributed by atoms with E-state index >= 15 is 0 Å². The molecule has 0 aromatic rings. The molecular weight excluding hydrogens is 1940 g/mol. The molecule has 4 amide bonds. The Bertz CT molecular complexity index is 3940. The maximum Gasteiger partial charge on any atom is 0.217 e. The first-order valence-corrected chi connectivity index (χ1v) is 45.7. The molecule has 12 aliphatic heterocycles. The molecule has 0 aromatic heterocycles. The van der Waals surface area contributed by atoms with E-state index < -0.39 is 451 Å². The fourth-order valence-electron chi connectivity index (χ4n) is 18.6. The Hall–Kier alpha value is -4.28. The summed E-state index contributed by atoms with van der Waals surface area (Å²) in [5.41, 5.74) is 0. The molecule has 12 heterocycles. The fourth-order valence-corrected chi connectivity index (χ4v) is 18.6. The van der Waals surface area contributed by atoms with E-state index in [-0.39, 0.29) is 0 Å². The van der Waals surface area contributed by atoms with Crippen LogP contribution < -0.4 is 21.3 Å². The van der Waals surface area contributed by atoms with Gasteiger partial charge in [0, 0.05) is 27.7 Å². The molecule has 35 N–H and O–H groups in total. The van der Waals surface area contributed by atoms with Gasteiger partial charge in [0.1, 0.15) is 274 Å². The van der Waals surface area contributed by atoms with Crippen LogP contribution in [0, 0.1) is 0 Å². The van der Waals surface area contributed by atoms with Crippen LogP contribution >= 0.6 is 0 Å². The molecule has 12 aliphatic rings. The average Bonchev–Trinajstić information content (AvgIpc) is 0.753. The number of nitrogens with one attached hydrogen (secondary N) is 4. The lowest BCUT2D eigenvalue weighted by Crippen LogP contribution is -2.72. The highest BCUT2D eigenvalue weighted by Crippen LogP contribution is 2.44. The van der Waals surface area contributed by atoms with Gasteiger partial charge in [0.05, 0.1) is 77.8 Å². The van der Waals surface area contributed by atoms with Gasteiger partial charge in [-0.25, -0.2) is 0 Å². The summed E-state index contributed by atoms with van der Waals surface area (Å²) in [6.45, 7) is -3.55. The lowest BCUT2D eigenvalue weighted by atomic mass is 9.93. The van der Waals surface area contributed by atoms with Crippen molar-refractivity contribution in [2.45, 2.75) is 417 Å². The van der Waals surface area contributed by atoms with Gasteiger partial charge in [-0.1, -0.05) is 0 Å². The van der Waals surface area contributed by atoms with Crippen LogP contribution in [0.3, 0.4) is 0 Å². The first-order valence-electron chi connectivity index (χ1n) is 45.7. The van der Waals surface area contributed by atoms with E-state index in [2.05, 4.69) is 21.3 Å². The first kappa shape index (κ1) is 116. The van der Waals surface area contributed by atoms with Crippen molar-refractivity contribution in [3.8, 4) is 0 Å². The molecule has 62 nitrogen and oxygen atoms in total. The summed E-state index contributed by atoms with van der Waals surface area (Å²) in [6, 6.07) is -8.31. The van der Waals surface area contributed by atoms with Crippen LogP contribution in [0.5, 0.6) is 0 Å². The Morgan fingerprint density at radius 3 is 0.838 bits per heavy atom. The molecule has 12 saturated heterocycles. The van der Waals surface area contributed by atoms with Gasteiger partial charge in [-0.3, -0.25) is 19.2 Å². The highest BCUT2D eigenvalue weighted by molar-refractivity contribution is 5.74. The van der Waals surface area contributed by atoms with Gasteiger partial charge in [-0.15, -0.1) is 0 Å². The largest absolute Gasteiger partial charge is 0.394 e. The molecule has 0 aliphatic carbocycles. The molecule has 0 radical (unpaired) electrons. The molecule has 12 fully saturated rings. The van der Waals surface area contributed by atoms with E-state index in [1.165, 1.54) is 20.8 Å². The summed E-state index contributed by atoms with van der Waals surface area (Å²) in [7, 11) is 0. The summed E-state index contributed by atoms with van der Waals surface area (Å²) in [4.78, 5) is 53.9. The third-order valence-corrected chi connectivity index (χ3v) is 26.6. The van der Waals surface area contributed by atoms with Crippen molar-refractivity contribution in [1.29, 1.82) is 0 Å². The van der Waals surface area contributed by atoms with E-state index in [0.29, 0.717) is 0 Å². The summed E-state index contributed by atoms with van der Waals surface area (Å²) in [5, 5.41) is 361. The molecule has 0 bridgehead atoms. The maximum atomic E-state index is 14.0. The molecular formula is C80H134N4O58. The summed E-state index contributed by atoms with van der Waals surface area (Å²) in [5.74, 6) is -4.13. The third-order valence-electron chi connectivity index (χ3n) is 26.6. The molecule has 822 valence electrons. The SMILES string of the molecule is CC(=O)N[C@@H]1[C@@H](O)[C@H](O[C@@H]2O[C@H](CO)[C@@H](O[C@@H]3O[C@H](CO[C@H]4O[C@H](CO)[C@@H](O)[C@H](O)[C@@H]4O)[C@@H](O)[C@H](O[C@H]4O[C@H](CO)[C@@H](O[C@@H]5O[C@H](CO)[C@@H](O[C@@H]6O[C@H](CO)[C@H](O)[C@H](O)[C@H]6O)[C@H](O[C@@H]6O[C@@H](C)[C@@H](O)[C@@H](O)[C@@H]6O)[C@H]5NC(C)=O)[C@H](O)[C@@H]4O[C@@H]4O[C@H](CO)[C@@H](O[C@@H]5O[C@H](CO)[C@H](O)[C@H](O)[C@H]5O)[C@H](O[C@@H]5O[C@@H](C)[C@@H](O)[C@@H](O)[C@@H]5O)[C@H]4NC(C)=O)[C@@H]3O)[C@H](O)[C@H]2NC(C)=O)[C@@H](CO[C@@H]2O[C@@H](C)[C@@H](O)[C@@H](O)[C@@H]2O)O[C@H]1O. The fraction of sp³-hybridized carbons (Fsp3) is 0.950. The van der Waals surface area contributed by atoms with Gasteiger partial charge in [0.25, 0.3) is 0 Å². The number of carbonyl (C=O) groups excluding carboxylic acids is 4. The average molecular weight is 2080 g/mol. The van der Waals surface area contributed by atoms with Crippen molar-refractivity contribution < 1.29 is 286 Å². The van der Waals surface area contributed by atoms with Crippen molar-refractivity contribution >= 4 is 23.6 Å². The first-order chi connectivity index (χ1) is 67.1. The third kappa shape index (κ3) is 25.4. The van der Waals surface area contributed by atoms with Crippen LogP contribution in [-0.2, 0) is 128 Å². The minimum atomic E-state index is -2.81. The van der Waals surface area contributed by atoms with Crippen LogP contribution in [0.2, 0.25) is 0 Å². The van der Waals surface area contributed by atoms with Gasteiger partial charge in [0.2, 0.25) is 23.6 Å². The number of hydrogen-bond acceptors (Lipinski definition) is 58. The van der Waals surface area contributed by atoms with Crippen molar-refractivity contribution in [1.82, 2.24) is 21.3 Å². The molecule has 0 spiro atoms. The Kier molecular flexibility index (Phi) is 41.2. The zero-order chi connectivity index (χ0) is 104. The quantitative estimate of drug-likeness (QED) is 0.0280. The molecule has 12 rings (SSSR count). The van der Waals surface area contributed by atoms with E-state index in [0.717, 1.165) is 27.7 Å². The number of aliphatic hydroxyl groups is 31. The topological polar surface area (TPSA) is 956 Å². The van der Waals surface area contributed by atoms with Gasteiger partial charge in [0.15, 0.2) is 75.5 Å². The number of rotatable bonds is 35. The molecule has 0 aromatic carbocycles. The van der Waals surface area contributed by atoms with Gasteiger partial charge < -0.3 is 289 Å². The predicted octanol–water partition coefficient (Wildman–Crippen LogP) is -23.5. The Labute approximate surface area is 805 Å². The molecule has 0 unspecified atom stereocenters. The minimum Gasteiger partial charge on any atom is -0.394 e. The van der Waals surface area contributed by atoms with Crippen molar-refractivity contribution in [2.75, 3.05) is 59.5 Å². The lowest BCUT2D eigenvalue weighted by Gasteiger charge is -2.53. The van der Waals surface area contributed by atoms with E-state index in [1.54, 1.807) is 0 Å². The smallest absolute Gasteiger partial charge is 0.217 e. The standard InChI is InChI=1S/C80H134N4O58/c1-17-37(96)46(105)52(111)73(122-17)121-16-32-62(44(103)33(69(119)125-32)81-20(4)92)135-70-34(82-21(5)93)45(104)60(27(11-88)129-70)136-79-59(118)67(43(102)31(133-79)15-120-74-53(112)49(108)40(99)24(8-85)126-74)141-80-68(142-72-36(84-23(7)95)66(140-76-55(114)48(107)39(98)19(3)124-76)64(30(14-91)131-72)138-78-57(116)51(110)42(101)26(10-87)128-78)58(117)61(28(12-89)132-80)134-71-35(83-22(6)94)65(139-75-54(113)47(106)38(97)18(2)123-75)63(29(13-90)130-71)137-77-56(115)50(109)41(100)25(9-86)127-77/h17-19,24-80,85-91,96-119H,8-16H2,1-7H3,(H,81,92)(H,82,93)(H,83,94)(H,84,95)/t17-,18-,19-,24+,25+,26+,27+,28+,29+,30+,31+,32+,33+,34+,35+,36+,37+,38+,39+,40+,41-,42-,43+,44+,45+,46+,47+,48+,49-,50-,51-,52-,53-,54-,55-,56+,57+,58-,59-,60+,61+,62+,63+,64+,65+,66+,67-,68-,69+,70-,71-,72-,73+,74-,75-,76-,77-,78-,79-,80+/m0/s1. The second-order valence-electron chi connectivity index (χ2n) is 36.6. The number of ether oxygens (including phenoxy) is 23. The van der Waals surface area contributed by atoms with Crippen LogP contribution in [0.25, 0.3) is 0 Å². The van der Waals surface area contributed by atoms with Crippen molar-refractivity contribution in [3.05, 3.63) is 0 Å². The highest BCUT2D eigenvalue weighted by Gasteiger charge is 2.64. The highest BCUT2D eigenvalue weighted by atomic mass is 16.8. The van der Waals surface area contributed by atoms with Gasteiger partial charge in [-0.05, 0) is 20.8 Å². The van der Waals surface area contributed by atoms with Crippen LogP contribution in [0.1, 0.15) is 48.5 Å². The van der Waals surface area contributed by atoms with Crippen LogP contribution in [0.4, 0.5) is 0 Å². The van der Waals surface area contributed by atoms with Gasteiger partial charge >= 0.3 is 0 Å². The maximum absolute atomic E-state index is 14.0. The zero-order valence-electron chi connectivity index (χ0n) is 76.9. The van der Waals surface area contributed by atoms with Crippen molar-refractivity contribution in [3.63, 3.8) is 0 Å². The lowest BCUT2D eigenvalue weighted by molar-refractivity contribution is -0.412. The zero-order valence-corrected chi connectivity index (χ0v) is 76.9. The Morgan fingerprint density at radius 1 is 0.197 bits per heavy atom. The minimum absolute atomic E-state index is 0.845. The monoisotopic (exact) mass is 2080 g/mol. The Morgan fingerprint density at radius 2 is 0.444 bits per heavy atom. The molecule has 142 heavy (non-hydrogen) atoms.